The molecule has 1 unspecified atom stereocenters. The number of aliphatic imine (C=N–C) groups is 1. The van der Waals surface area contributed by atoms with Crippen LogP contribution in [-0.4, -0.2) is 18.1 Å². The minimum Gasteiger partial charge on any atom is -0.481 e. The van der Waals surface area contributed by atoms with E-state index >= 15 is 0 Å². The fourth-order valence-electron chi connectivity index (χ4n) is 4.11. The van der Waals surface area contributed by atoms with E-state index in [-0.39, 0.29) is 16.7 Å². The topological polar surface area (TPSA) is 71.5 Å². The van der Waals surface area contributed by atoms with E-state index in [1.807, 2.05) is 23.9 Å². The smallest absolute Gasteiger partial charge is 0.212 e. The van der Waals surface area contributed by atoms with Crippen LogP contribution in [0, 0.1) is 22.2 Å². The molecule has 4 nitrogen and oxygen atoms in total. The zero-order valence-corrected chi connectivity index (χ0v) is 18.8. The van der Waals surface area contributed by atoms with Crippen LogP contribution in [0.1, 0.15) is 65.9 Å². The highest BCUT2D eigenvalue weighted by atomic mass is 32.2. The number of nitrogen functional groups attached to an aromatic ring is 1. The number of hydrogen-bond donors (Lipinski definition) is 2. The van der Waals surface area contributed by atoms with Gasteiger partial charge >= 0.3 is 0 Å². The number of allylic oxidation sites excluding steroid dienone is 2. The Morgan fingerprint density at radius 2 is 1.89 bits per heavy atom. The monoisotopic (exact) mass is 399 g/mol. The number of nitrogens with zero attached hydrogens (tertiary/aromatic N) is 1. The third-order valence-electron chi connectivity index (χ3n) is 6.26. The van der Waals surface area contributed by atoms with Crippen LogP contribution in [0.5, 0.6) is 0 Å². The van der Waals surface area contributed by atoms with Gasteiger partial charge in [0.15, 0.2) is 0 Å². The van der Waals surface area contributed by atoms with Crippen molar-refractivity contribution in [3.63, 3.8) is 0 Å². The van der Waals surface area contributed by atoms with Crippen LogP contribution >= 0.6 is 11.8 Å². The van der Waals surface area contributed by atoms with Gasteiger partial charge in [0, 0.05) is 11.5 Å². The van der Waals surface area contributed by atoms with Crippen molar-refractivity contribution in [2.24, 2.45) is 21.7 Å². The molecule has 1 aliphatic heterocycles. The summed E-state index contributed by atoms with van der Waals surface area (Å²) in [6, 6.07) is 5.52. The van der Waals surface area contributed by atoms with Gasteiger partial charge < -0.3 is 10.5 Å². The van der Waals surface area contributed by atoms with Crippen LogP contribution in [0.4, 0.5) is 11.4 Å². The summed E-state index contributed by atoms with van der Waals surface area (Å²) in [7, 11) is 1.50. The number of ether oxygens (including phenoxy) is 1. The fourth-order valence-corrected chi connectivity index (χ4v) is 5.67. The Hall–Kier alpha value is -1.75. The molecular weight excluding hydrogens is 366 g/mol. The van der Waals surface area contributed by atoms with Crippen molar-refractivity contribution in [2.45, 2.75) is 60.3 Å². The van der Waals surface area contributed by atoms with Gasteiger partial charge in [-0.2, -0.15) is 0 Å². The molecule has 2 aliphatic rings. The zero-order valence-electron chi connectivity index (χ0n) is 18.0. The van der Waals surface area contributed by atoms with E-state index < -0.39 is 0 Å². The Morgan fingerprint density at radius 3 is 2.54 bits per heavy atom. The summed E-state index contributed by atoms with van der Waals surface area (Å²) in [6.07, 6.45) is 4.73. The lowest BCUT2D eigenvalue weighted by molar-refractivity contribution is 0.266. The number of hydrogen-bond acceptors (Lipinski definition) is 5. The summed E-state index contributed by atoms with van der Waals surface area (Å²) in [6.45, 7) is 11.8. The second-order valence-electron chi connectivity index (χ2n) is 9.37. The summed E-state index contributed by atoms with van der Waals surface area (Å²) in [5.41, 5.74) is 10.4. The molecule has 0 spiro atoms. The lowest BCUT2D eigenvalue weighted by Gasteiger charge is -2.43. The van der Waals surface area contributed by atoms with E-state index in [0.29, 0.717) is 17.2 Å². The van der Waals surface area contributed by atoms with Crippen molar-refractivity contribution in [3.05, 3.63) is 34.2 Å². The standard InChI is InChI=1S/C23H33N3OS/c1-14-7-9-16-19(23(4,5)12-11-22(16,2)3)28-21(14)26-18-10-8-15(13-17(18)24)20(25)27-6/h8,10,13-14,25H,7,9,11-12,24H2,1-6H3. The molecule has 0 radical (unpaired) electrons. The quantitative estimate of drug-likeness (QED) is 0.337. The molecule has 152 valence electrons. The predicted octanol–water partition coefficient (Wildman–Crippen LogP) is 6.53. The van der Waals surface area contributed by atoms with Gasteiger partial charge in [-0.3, -0.25) is 5.41 Å². The highest BCUT2D eigenvalue weighted by Gasteiger charge is 2.41. The molecule has 1 aromatic rings. The van der Waals surface area contributed by atoms with Gasteiger partial charge in [-0.1, -0.05) is 52.0 Å². The second kappa shape index (κ2) is 7.58. The Kier molecular flexibility index (Phi) is 5.68. The molecule has 1 aliphatic carbocycles. The molecule has 0 bridgehead atoms. The van der Waals surface area contributed by atoms with Crippen molar-refractivity contribution in [1.82, 2.24) is 0 Å². The minimum absolute atomic E-state index is 0.115. The Morgan fingerprint density at radius 1 is 1.21 bits per heavy atom. The maximum Gasteiger partial charge on any atom is 0.212 e. The van der Waals surface area contributed by atoms with Crippen LogP contribution < -0.4 is 5.73 Å². The number of benzene rings is 1. The summed E-state index contributed by atoms with van der Waals surface area (Å²) >= 11 is 1.88. The number of nitrogens with one attached hydrogen (secondary N) is 1. The molecule has 1 aromatic carbocycles. The molecule has 28 heavy (non-hydrogen) atoms. The van der Waals surface area contributed by atoms with Gasteiger partial charge in [0.05, 0.1) is 23.5 Å². The molecule has 5 heteroatoms. The average Bonchev–Trinajstić information content (AvgIpc) is 2.81. The van der Waals surface area contributed by atoms with E-state index in [1.165, 1.54) is 24.9 Å². The number of rotatable bonds is 2. The van der Waals surface area contributed by atoms with E-state index in [4.69, 9.17) is 20.9 Å². The molecule has 0 aromatic heterocycles. The molecule has 3 N–H and O–H groups in total. The zero-order chi connectivity index (χ0) is 20.7. The van der Waals surface area contributed by atoms with Gasteiger partial charge in [-0.15, -0.1) is 0 Å². The molecule has 0 saturated carbocycles. The third kappa shape index (κ3) is 4.00. The fraction of sp³-hybridized carbons (Fsp3) is 0.565. The SMILES string of the molecule is COC(=N)c1ccc(N=C2SC3=C(CCC2C)C(C)(C)CCC3(C)C)c(N)c1. The first-order valence-corrected chi connectivity index (χ1v) is 10.9. The van der Waals surface area contributed by atoms with Gasteiger partial charge in [-0.05, 0) is 59.6 Å². The first-order chi connectivity index (χ1) is 13.0. The lowest BCUT2D eigenvalue weighted by Crippen LogP contribution is -2.29. The largest absolute Gasteiger partial charge is 0.481 e. The highest BCUT2D eigenvalue weighted by Crippen LogP contribution is 2.56. The van der Waals surface area contributed by atoms with Crippen LogP contribution in [0.25, 0.3) is 0 Å². The Labute approximate surface area is 173 Å². The molecule has 3 rings (SSSR count). The van der Waals surface area contributed by atoms with E-state index in [2.05, 4.69) is 34.6 Å². The first kappa shape index (κ1) is 21.0. The van der Waals surface area contributed by atoms with Crippen molar-refractivity contribution in [2.75, 3.05) is 12.8 Å². The van der Waals surface area contributed by atoms with Gasteiger partial charge in [-0.25, -0.2) is 4.99 Å². The predicted molar refractivity (Wildman–Crippen MR) is 122 cm³/mol. The lowest BCUT2D eigenvalue weighted by atomic mass is 9.66. The van der Waals surface area contributed by atoms with Crippen molar-refractivity contribution in [1.29, 1.82) is 5.41 Å². The van der Waals surface area contributed by atoms with Crippen molar-refractivity contribution in [3.8, 4) is 0 Å². The van der Waals surface area contributed by atoms with Crippen molar-refractivity contribution >= 4 is 34.1 Å². The summed E-state index contributed by atoms with van der Waals surface area (Å²) in [4.78, 5) is 6.52. The number of anilines is 1. The molecular formula is C23H33N3OS. The van der Waals surface area contributed by atoms with E-state index in [1.54, 1.807) is 11.6 Å². The number of thioether (sulfide) groups is 1. The Bertz CT molecular complexity index is 851. The highest BCUT2D eigenvalue weighted by molar-refractivity contribution is 8.17. The number of methoxy groups -OCH3 is 1. The minimum atomic E-state index is 0.115. The van der Waals surface area contributed by atoms with E-state index in [9.17, 15) is 0 Å². The van der Waals surface area contributed by atoms with Gasteiger partial charge in [0.2, 0.25) is 5.90 Å². The van der Waals surface area contributed by atoms with Crippen LogP contribution in [-0.2, 0) is 4.74 Å². The second-order valence-corrected chi connectivity index (χ2v) is 10.4. The maximum atomic E-state index is 7.82. The maximum absolute atomic E-state index is 7.82. The molecule has 0 amide bonds. The van der Waals surface area contributed by atoms with Crippen LogP contribution in [0.2, 0.25) is 0 Å². The number of nitrogens with two attached hydrogens (primary N) is 1. The van der Waals surface area contributed by atoms with Crippen LogP contribution in [0.15, 0.2) is 33.7 Å². The summed E-state index contributed by atoms with van der Waals surface area (Å²) < 4.78 is 5.00. The average molecular weight is 400 g/mol. The van der Waals surface area contributed by atoms with Crippen LogP contribution in [0.3, 0.4) is 0 Å². The summed E-state index contributed by atoms with van der Waals surface area (Å²) in [5, 5.41) is 8.97. The molecule has 0 saturated heterocycles. The van der Waals surface area contributed by atoms with Gasteiger partial charge in [0.1, 0.15) is 0 Å². The molecule has 1 atom stereocenters. The van der Waals surface area contributed by atoms with Gasteiger partial charge in [0.25, 0.3) is 0 Å². The Balaban J connectivity index is 2.00. The normalized spacial score (nSPS) is 25.2. The molecule has 0 fully saturated rings. The van der Waals surface area contributed by atoms with E-state index in [0.717, 1.165) is 23.6 Å². The third-order valence-corrected chi connectivity index (χ3v) is 7.97. The first-order valence-electron chi connectivity index (χ1n) is 10.1. The molecule has 1 heterocycles. The van der Waals surface area contributed by atoms with Crippen molar-refractivity contribution < 1.29 is 4.74 Å². The summed E-state index contributed by atoms with van der Waals surface area (Å²) in [5.74, 6) is 0.516.